The Morgan fingerprint density at radius 3 is 2.45 bits per heavy atom. The van der Waals surface area contributed by atoms with Crippen LogP contribution in [0.4, 0.5) is 0 Å². The number of pyridine rings is 1. The van der Waals surface area contributed by atoms with E-state index in [0.717, 1.165) is 74.5 Å². The molecule has 0 bridgehead atoms. The van der Waals surface area contributed by atoms with Crippen molar-refractivity contribution in [2.75, 3.05) is 26.3 Å². The summed E-state index contributed by atoms with van der Waals surface area (Å²) >= 11 is 1.64. The van der Waals surface area contributed by atoms with E-state index in [0.29, 0.717) is 31.9 Å². The molecule has 1 N–H and O–H groups in total. The number of nitrogens with zero attached hydrogens (tertiary/aromatic N) is 3. The van der Waals surface area contributed by atoms with E-state index in [1.807, 2.05) is 38.1 Å². The van der Waals surface area contributed by atoms with E-state index in [-0.39, 0.29) is 17.4 Å². The number of ether oxygens (including phenoxy) is 1. The molecule has 40 heavy (non-hydrogen) atoms. The number of fused-ring (bicyclic) bond motifs is 1. The highest BCUT2D eigenvalue weighted by Crippen LogP contribution is 2.42. The number of morpholine rings is 1. The molecule has 0 spiro atoms. The van der Waals surface area contributed by atoms with Crippen molar-refractivity contribution in [1.29, 1.82) is 0 Å². The second-order valence-electron chi connectivity index (χ2n) is 10.8. The molecule has 0 unspecified atom stereocenters. The molecule has 3 heterocycles. The third-order valence-corrected chi connectivity index (χ3v) is 9.20. The van der Waals surface area contributed by atoms with Crippen molar-refractivity contribution >= 4 is 34.1 Å². The number of aromatic carboxylic acids is 1. The summed E-state index contributed by atoms with van der Waals surface area (Å²) in [5.41, 5.74) is 6.12. The smallest absolute Gasteiger partial charge is 0.335 e. The fourth-order valence-electron chi connectivity index (χ4n) is 6.13. The number of carbonyl (C=O) groups excluding carboxylic acids is 1. The highest BCUT2D eigenvalue weighted by Gasteiger charge is 2.29. The lowest BCUT2D eigenvalue weighted by molar-refractivity contribution is 0.0303. The number of amides is 1. The molecule has 1 saturated carbocycles. The van der Waals surface area contributed by atoms with Crippen molar-refractivity contribution < 1.29 is 19.4 Å². The number of carbonyl (C=O) groups is 2. The summed E-state index contributed by atoms with van der Waals surface area (Å²) in [7, 11) is 0. The zero-order valence-corrected chi connectivity index (χ0v) is 23.7. The van der Waals surface area contributed by atoms with Crippen LogP contribution in [0, 0.1) is 13.8 Å². The summed E-state index contributed by atoms with van der Waals surface area (Å²) in [6, 6.07) is 13.6. The average molecular weight is 556 g/mol. The summed E-state index contributed by atoms with van der Waals surface area (Å²) < 4.78 is 5.48. The molecule has 8 heteroatoms. The first-order valence-electron chi connectivity index (χ1n) is 14.0. The summed E-state index contributed by atoms with van der Waals surface area (Å²) in [5.74, 6) is -0.931. The van der Waals surface area contributed by atoms with E-state index in [9.17, 15) is 14.7 Å². The van der Waals surface area contributed by atoms with Crippen molar-refractivity contribution in [3.8, 4) is 21.7 Å². The Labute approximate surface area is 237 Å². The Morgan fingerprint density at radius 1 is 0.975 bits per heavy atom. The number of thiazole rings is 1. The molecular weight excluding hydrogens is 522 g/mol. The van der Waals surface area contributed by atoms with Crippen LogP contribution in [-0.4, -0.2) is 58.2 Å². The fraction of sp³-hybridized carbons (Fsp3) is 0.375. The van der Waals surface area contributed by atoms with Crippen molar-refractivity contribution in [3.63, 3.8) is 0 Å². The molecule has 2 fully saturated rings. The number of benzene rings is 2. The van der Waals surface area contributed by atoms with Crippen molar-refractivity contribution in [2.24, 2.45) is 0 Å². The zero-order chi connectivity index (χ0) is 27.8. The van der Waals surface area contributed by atoms with Crippen LogP contribution < -0.4 is 0 Å². The maximum atomic E-state index is 14.0. The number of hydrogen-bond donors (Lipinski definition) is 1. The quantitative estimate of drug-likeness (QED) is 0.289. The molecular formula is C32H33N3O4S. The van der Waals surface area contributed by atoms with Gasteiger partial charge in [-0.15, -0.1) is 11.3 Å². The van der Waals surface area contributed by atoms with Crippen LogP contribution in [0.15, 0.2) is 42.5 Å². The van der Waals surface area contributed by atoms with Crippen LogP contribution in [0.25, 0.3) is 32.6 Å². The Bertz CT molecular complexity index is 1600. The summed E-state index contributed by atoms with van der Waals surface area (Å²) in [6.07, 6.45) is 5.39. The van der Waals surface area contributed by atoms with E-state index >= 15 is 0 Å². The van der Waals surface area contributed by atoms with Crippen molar-refractivity contribution in [2.45, 2.75) is 51.9 Å². The summed E-state index contributed by atoms with van der Waals surface area (Å²) in [5, 5.41) is 12.0. The lowest BCUT2D eigenvalue weighted by Crippen LogP contribution is -2.41. The maximum absolute atomic E-state index is 14.0. The first-order valence-corrected chi connectivity index (χ1v) is 14.8. The number of rotatable bonds is 5. The van der Waals surface area contributed by atoms with Crippen molar-refractivity contribution in [3.05, 3.63) is 69.9 Å². The molecule has 2 aliphatic rings. The summed E-state index contributed by atoms with van der Waals surface area (Å²) in [6.45, 7) is 5.97. The molecule has 6 rings (SSSR count). The third kappa shape index (κ3) is 5.13. The predicted molar refractivity (Wildman–Crippen MR) is 157 cm³/mol. The lowest BCUT2D eigenvalue weighted by atomic mass is 9.78. The minimum Gasteiger partial charge on any atom is -0.478 e. The predicted octanol–water partition coefficient (Wildman–Crippen LogP) is 6.86. The van der Waals surface area contributed by atoms with Gasteiger partial charge in [-0.05, 0) is 79.6 Å². The van der Waals surface area contributed by atoms with Gasteiger partial charge in [0.1, 0.15) is 0 Å². The molecule has 2 aromatic carbocycles. The Balaban J connectivity index is 1.51. The van der Waals surface area contributed by atoms with Crippen LogP contribution in [0.2, 0.25) is 0 Å². The molecule has 1 amide bonds. The van der Waals surface area contributed by atoms with E-state index in [4.69, 9.17) is 9.72 Å². The molecule has 1 aliphatic heterocycles. The molecule has 4 aromatic rings. The third-order valence-electron chi connectivity index (χ3n) is 8.10. The molecule has 0 atom stereocenters. The fourth-order valence-corrected chi connectivity index (χ4v) is 7.02. The minimum atomic E-state index is -1.01. The largest absolute Gasteiger partial charge is 0.478 e. The molecule has 0 radical (unpaired) electrons. The second kappa shape index (κ2) is 11.1. The van der Waals surface area contributed by atoms with E-state index in [2.05, 4.69) is 17.1 Å². The van der Waals surface area contributed by atoms with E-state index in [1.165, 1.54) is 6.42 Å². The first-order chi connectivity index (χ1) is 19.4. The Hall–Kier alpha value is -3.62. The normalized spacial score (nSPS) is 16.4. The van der Waals surface area contributed by atoms with Gasteiger partial charge in [-0.25, -0.2) is 14.8 Å². The maximum Gasteiger partial charge on any atom is 0.335 e. The van der Waals surface area contributed by atoms with E-state index < -0.39 is 5.97 Å². The van der Waals surface area contributed by atoms with Crippen LogP contribution >= 0.6 is 11.3 Å². The van der Waals surface area contributed by atoms with Gasteiger partial charge in [0.2, 0.25) is 0 Å². The van der Waals surface area contributed by atoms with E-state index in [1.54, 1.807) is 22.3 Å². The molecule has 2 aromatic heterocycles. The number of aromatic nitrogens is 2. The van der Waals surface area contributed by atoms with Crippen molar-refractivity contribution in [1.82, 2.24) is 14.9 Å². The Morgan fingerprint density at radius 2 is 1.75 bits per heavy atom. The SMILES string of the molecule is Cc1nc(C)c(-c2ccc3cc(-c4c(C(=O)N5CCOCC5)cc(C(=O)O)cc4C4CCCCC4)ccc3n2)s1. The van der Waals surface area contributed by atoms with Gasteiger partial charge in [0.15, 0.2) is 0 Å². The number of carboxylic acids is 1. The number of hydrogen-bond acceptors (Lipinski definition) is 6. The highest BCUT2D eigenvalue weighted by atomic mass is 32.1. The topological polar surface area (TPSA) is 92.6 Å². The van der Waals surface area contributed by atoms with Gasteiger partial charge in [-0.2, -0.15) is 0 Å². The highest BCUT2D eigenvalue weighted by molar-refractivity contribution is 7.15. The first kappa shape index (κ1) is 26.6. The second-order valence-corrected chi connectivity index (χ2v) is 12.0. The molecule has 206 valence electrons. The monoisotopic (exact) mass is 555 g/mol. The van der Waals surface area contributed by atoms with Crippen LogP contribution in [0.1, 0.15) is 75.0 Å². The molecule has 7 nitrogen and oxygen atoms in total. The van der Waals surface area contributed by atoms with Crippen LogP contribution in [-0.2, 0) is 4.74 Å². The lowest BCUT2D eigenvalue weighted by Gasteiger charge is -2.30. The standard InChI is InChI=1S/C32H33N3O4S/c1-19-30(40-20(2)33-19)28-11-8-22-16-23(9-10-27(22)34-28)29-25(21-6-4-3-5-7-21)17-24(32(37)38)18-26(29)31(36)35-12-14-39-15-13-35/h8-11,16-18,21H,3-7,12-15H2,1-2H3,(H,37,38). The summed E-state index contributed by atoms with van der Waals surface area (Å²) in [4.78, 5) is 38.5. The molecule has 1 aliphatic carbocycles. The minimum absolute atomic E-state index is 0.136. The molecule has 1 saturated heterocycles. The van der Waals surface area contributed by atoms with Gasteiger partial charge >= 0.3 is 5.97 Å². The van der Waals surface area contributed by atoms with Gasteiger partial charge in [-0.3, -0.25) is 4.79 Å². The zero-order valence-electron chi connectivity index (χ0n) is 22.9. The van der Waals surface area contributed by atoms with Gasteiger partial charge < -0.3 is 14.7 Å². The van der Waals surface area contributed by atoms with Gasteiger partial charge in [0.25, 0.3) is 5.91 Å². The van der Waals surface area contributed by atoms with Gasteiger partial charge in [-0.1, -0.05) is 31.4 Å². The van der Waals surface area contributed by atoms with Crippen LogP contribution in [0.3, 0.4) is 0 Å². The number of aryl methyl sites for hydroxylation is 2. The van der Waals surface area contributed by atoms with Gasteiger partial charge in [0.05, 0.1) is 45.6 Å². The Kier molecular flexibility index (Phi) is 7.38. The average Bonchev–Trinajstić information content (AvgIpc) is 3.33. The number of carboxylic acid groups (broad SMARTS) is 1. The van der Waals surface area contributed by atoms with Gasteiger partial charge in [0, 0.05) is 24.0 Å². The van der Waals surface area contributed by atoms with Crippen LogP contribution in [0.5, 0.6) is 0 Å².